The fourth-order valence-electron chi connectivity index (χ4n) is 0.808. The number of rotatable bonds is 5. The van der Waals surface area contributed by atoms with Gasteiger partial charge in [-0.15, -0.1) is 0 Å². The van der Waals surface area contributed by atoms with Gasteiger partial charge in [-0.1, -0.05) is 43.4 Å². The molecule has 0 aliphatic carbocycles. The van der Waals surface area contributed by atoms with Crippen LogP contribution in [0, 0.1) is 0 Å². The van der Waals surface area contributed by atoms with E-state index >= 15 is 0 Å². The highest BCUT2D eigenvalue weighted by molar-refractivity contribution is 14.1. The van der Waals surface area contributed by atoms with Crippen LogP contribution in [0.15, 0.2) is 0 Å². The molecule has 0 aliphatic rings. The van der Waals surface area contributed by atoms with Gasteiger partial charge in [0.25, 0.3) is 0 Å². The van der Waals surface area contributed by atoms with Crippen molar-refractivity contribution in [3.63, 3.8) is 0 Å². The highest BCUT2D eigenvalue weighted by Gasteiger charge is 2.11. The van der Waals surface area contributed by atoms with Crippen LogP contribution in [0.4, 0.5) is 4.79 Å². The summed E-state index contributed by atoms with van der Waals surface area (Å²) in [6.07, 6.45) is 1.13. The molecule has 0 amide bonds. The summed E-state index contributed by atoms with van der Waals surface area (Å²) in [7, 11) is 0. The van der Waals surface area contributed by atoms with Crippen molar-refractivity contribution in [2.75, 3.05) is 6.61 Å². The lowest BCUT2D eigenvalue weighted by Crippen LogP contribution is -2.19. The zero-order valence-corrected chi connectivity index (χ0v) is 10.5. The van der Waals surface area contributed by atoms with Crippen molar-refractivity contribution >= 4 is 28.7 Å². The Hall–Kier alpha value is 0. The number of halogens is 1. The van der Waals surface area contributed by atoms with Gasteiger partial charge in [0.2, 0.25) is 0 Å². The fourth-order valence-corrected chi connectivity index (χ4v) is 0.988. The van der Waals surface area contributed by atoms with E-state index in [9.17, 15) is 4.79 Å². The smallest absolute Gasteiger partial charge is 0.433 e. The molecule has 0 aromatic carbocycles. The normalized spacial score (nSPS) is 12.7. The van der Waals surface area contributed by atoms with Gasteiger partial charge >= 0.3 is 6.16 Å². The van der Waals surface area contributed by atoms with Crippen molar-refractivity contribution in [2.24, 2.45) is 0 Å². The van der Waals surface area contributed by atoms with Crippen LogP contribution < -0.4 is 0 Å². The Labute approximate surface area is 93.3 Å². The fraction of sp³-hybridized carbons (Fsp3) is 0.889. The first-order chi connectivity index (χ1) is 6.10. The number of hydrogen-bond acceptors (Lipinski definition) is 3. The van der Waals surface area contributed by atoms with Gasteiger partial charge in [-0.2, -0.15) is 0 Å². The predicted octanol–water partition coefficient (Wildman–Crippen LogP) is 3.15. The largest absolute Gasteiger partial charge is 0.508 e. The molecule has 0 spiro atoms. The molecular formula is C9H17IO3. The summed E-state index contributed by atoms with van der Waals surface area (Å²) in [5.74, 6) is 0. The average molecular weight is 300 g/mol. The summed E-state index contributed by atoms with van der Waals surface area (Å²) in [6, 6.07) is 0. The van der Waals surface area contributed by atoms with E-state index in [4.69, 9.17) is 9.47 Å². The van der Waals surface area contributed by atoms with E-state index < -0.39 is 6.16 Å². The first-order valence-electron chi connectivity index (χ1n) is 4.57. The van der Waals surface area contributed by atoms with Crippen molar-refractivity contribution in [1.82, 2.24) is 0 Å². The topological polar surface area (TPSA) is 35.5 Å². The summed E-state index contributed by atoms with van der Waals surface area (Å²) in [6.45, 7) is 6.37. The average Bonchev–Trinajstić information content (AvgIpc) is 2.10. The molecule has 0 bridgehead atoms. The van der Waals surface area contributed by atoms with Gasteiger partial charge in [-0.25, -0.2) is 4.79 Å². The van der Waals surface area contributed by atoms with Crippen LogP contribution in [0.2, 0.25) is 0 Å². The highest BCUT2D eigenvalue weighted by atomic mass is 127. The molecule has 13 heavy (non-hydrogen) atoms. The minimum atomic E-state index is -0.544. The molecule has 0 N–H and O–H groups in total. The second kappa shape index (κ2) is 7.41. The van der Waals surface area contributed by atoms with Crippen molar-refractivity contribution in [1.29, 1.82) is 0 Å². The summed E-state index contributed by atoms with van der Waals surface area (Å²) in [5, 5.41) is 0. The Bertz CT molecular complexity index is 144. The third-order valence-electron chi connectivity index (χ3n) is 1.60. The lowest BCUT2D eigenvalue weighted by Gasteiger charge is -2.13. The minimum absolute atomic E-state index is 0.00276. The molecule has 0 heterocycles. The zero-order valence-electron chi connectivity index (χ0n) is 8.38. The minimum Gasteiger partial charge on any atom is -0.433 e. The first-order valence-corrected chi connectivity index (χ1v) is 5.82. The SMILES string of the molecule is CCC(CC)OC(=O)OCC(C)I. The van der Waals surface area contributed by atoms with Gasteiger partial charge in [0, 0.05) is 3.92 Å². The van der Waals surface area contributed by atoms with E-state index in [0.717, 1.165) is 12.8 Å². The van der Waals surface area contributed by atoms with Gasteiger partial charge in [-0.05, 0) is 12.8 Å². The number of ether oxygens (including phenoxy) is 2. The second-order valence-corrected chi connectivity index (χ2v) is 5.02. The molecule has 1 unspecified atom stereocenters. The number of hydrogen-bond donors (Lipinski definition) is 0. The van der Waals surface area contributed by atoms with Crippen molar-refractivity contribution in [2.45, 2.75) is 43.6 Å². The maximum atomic E-state index is 11.0. The number of carbonyl (C=O) groups is 1. The summed E-state index contributed by atoms with van der Waals surface area (Å²) in [5.41, 5.74) is 0. The monoisotopic (exact) mass is 300 g/mol. The Kier molecular flexibility index (Phi) is 7.41. The number of carbonyl (C=O) groups excluding carboxylic acids is 1. The van der Waals surface area contributed by atoms with E-state index in [0.29, 0.717) is 10.5 Å². The summed E-state index contributed by atoms with van der Waals surface area (Å²) >= 11 is 2.20. The standard InChI is InChI=1S/C9H17IO3/c1-4-8(5-2)13-9(11)12-6-7(3)10/h7-8H,4-6H2,1-3H3. The van der Waals surface area contributed by atoms with Crippen LogP contribution >= 0.6 is 22.6 Å². The van der Waals surface area contributed by atoms with Gasteiger partial charge in [0.1, 0.15) is 12.7 Å². The molecule has 3 nitrogen and oxygen atoms in total. The Morgan fingerprint density at radius 2 is 1.92 bits per heavy atom. The lowest BCUT2D eigenvalue weighted by atomic mass is 10.2. The molecule has 1 atom stereocenters. The third-order valence-corrected chi connectivity index (χ3v) is 1.96. The van der Waals surface area contributed by atoms with Gasteiger partial charge in [0.15, 0.2) is 0 Å². The third kappa shape index (κ3) is 7.10. The van der Waals surface area contributed by atoms with Crippen molar-refractivity contribution in [3.8, 4) is 0 Å². The van der Waals surface area contributed by atoms with E-state index in [-0.39, 0.29) is 6.10 Å². The van der Waals surface area contributed by atoms with Crippen LogP contribution in [0.3, 0.4) is 0 Å². The molecule has 0 saturated carbocycles. The van der Waals surface area contributed by atoms with Gasteiger partial charge in [0.05, 0.1) is 0 Å². The van der Waals surface area contributed by atoms with E-state index in [1.165, 1.54) is 0 Å². The molecule has 4 heteroatoms. The molecule has 0 aliphatic heterocycles. The quantitative estimate of drug-likeness (QED) is 0.444. The molecular weight excluding hydrogens is 283 g/mol. The van der Waals surface area contributed by atoms with Gasteiger partial charge < -0.3 is 9.47 Å². The Morgan fingerprint density at radius 1 is 1.38 bits per heavy atom. The molecule has 0 aromatic rings. The first kappa shape index (κ1) is 13.0. The second-order valence-electron chi connectivity index (χ2n) is 2.90. The highest BCUT2D eigenvalue weighted by Crippen LogP contribution is 2.05. The summed E-state index contributed by atoms with van der Waals surface area (Å²) < 4.78 is 10.2. The van der Waals surface area contributed by atoms with Crippen molar-refractivity contribution < 1.29 is 14.3 Å². The van der Waals surface area contributed by atoms with Crippen LogP contribution in [0.5, 0.6) is 0 Å². The zero-order chi connectivity index (χ0) is 10.3. The Balaban J connectivity index is 3.60. The van der Waals surface area contributed by atoms with E-state index in [2.05, 4.69) is 22.6 Å². The molecule has 0 radical (unpaired) electrons. The van der Waals surface area contributed by atoms with Crippen LogP contribution in [0.25, 0.3) is 0 Å². The van der Waals surface area contributed by atoms with Crippen LogP contribution in [-0.4, -0.2) is 22.8 Å². The maximum absolute atomic E-state index is 11.0. The predicted molar refractivity (Wildman–Crippen MR) is 60.3 cm³/mol. The van der Waals surface area contributed by atoms with Crippen LogP contribution in [0.1, 0.15) is 33.6 Å². The van der Waals surface area contributed by atoms with Crippen molar-refractivity contribution in [3.05, 3.63) is 0 Å². The molecule has 0 saturated heterocycles. The maximum Gasteiger partial charge on any atom is 0.508 e. The summed E-state index contributed by atoms with van der Waals surface area (Å²) in [4.78, 5) is 11.0. The Morgan fingerprint density at radius 3 is 2.31 bits per heavy atom. The molecule has 78 valence electrons. The van der Waals surface area contributed by atoms with Crippen LogP contribution in [-0.2, 0) is 9.47 Å². The number of alkyl halides is 1. The lowest BCUT2D eigenvalue weighted by molar-refractivity contribution is 0.0223. The molecule has 0 aromatic heterocycles. The van der Waals surface area contributed by atoms with E-state index in [1.54, 1.807) is 0 Å². The van der Waals surface area contributed by atoms with E-state index in [1.807, 2.05) is 20.8 Å². The molecule has 0 rings (SSSR count). The van der Waals surface area contributed by atoms with Gasteiger partial charge in [-0.3, -0.25) is 0 Å². The molecule has 0 fully saturated rings.